The van der Waals surface area contributed by atoms with Crippen LogP contribution in [-0.2, 0) is 9.47 Å². The van der Waals surface area contributed by atoms with Gasteiger partial charge in [0.05, 0.1) is 5.60 Å². The first-order chi connectivity index (χ1) is 7.62. The lowest BCUT2D eigenvalue weighted by molar-refractivity contribution is 0.0159. The number of nitrogens with two attached hydrogens (primary N) is 1. The standard InChI is InChI=1S/C12H24N2O2/c1-11(3-2-6-16-11)9-14-10-12(13)4-7-15-8-5-12/h14H,2-10,13H2,1H3. The van der Waals surface area contributed by atoms with Crippen LogP contribution in [0.5, 0.6) is 0 Å². The molecule has 0 spiro atoms. The molecule has 94 valence electrons. The predicted octanol–water partition coefficient (Wildman–Crippen LogP) is 0.653. The van der Waals surface area contributed by atoms with Crippen molar-refractivity contribution in [1.82, 2.24) is 5.32 Å². The maximum atomic E-state index is 6.30. The van der Waals surface area contributed by atoms with Crippen molar-refractivity contribution in [1.29, 1.82) is 0 Å². The van der Waals surface area contributed by atoms with Gasteiger partial charge in [-0.25, -0.2) is 0 Å². The van der Waals surface area contributed by atoms with Crippen molar-refractivity contribution in [2.45, 2.75) is 43.7 Å². The lowest BCUT2D eigenvalue weighted by Gasteiger charge is -2.35. The molecule has 0 radical (unpaired) electrons. The molecular formula is C12H24N2O2. The van der Waals surface area contributed by atoms with Gasteiger partial charge >= 0.3 is 0 Å². The van der Waals surface area contributed by atoms with Crippen molar-refractivity contribution in [3.63, 3.8) is 0 Å². The van der Waals surface area contributed by atoms with Gasteiger partial charge in [-0.15, -0.1) is 0 Å². The molecule has 2 aliphatic heterocycles. The minimum absolute atomic E-state index is 0.0293. The Bertz CT molecular complexity index is 221. The summed E-state index contributed by atoms with van der Waals surface area (Å²) in [5, 5.41) is 3.47. The summed E-state index contributed by atoms with van der Waals surface area (Å²) in [4.78, 5) is 0. The van der Waals surface area contributed by atoms with Crippen LogP contribution in [0.25, 0.3) is 0 Å². The number of rotatable bonds is 4. The van der Waals surface area contributed by atoms with E-state index in [4.69, 9.17) is 15.2 Å². The Kier molecular flexibility index (Phi) is 3.85. The highest BCUT2D eigenvalue weighted by Crippen LogP contribution is 2.24. The summed E-state index contributed by atoms with van der Waals surface area (Å²) in [6.45, 7) is 6.46. The molecule has 0 aromatic carbocycles. The molecule has 3 N–H and O–H groups in total. The number of hydrogen-bond donors (Lipinski definition) is 2. The highest BCUT2D eigenvalue weighted by Gasteiger charge is 2.32. The number of ether oxygens (including phenoxy) is 2. The van der Waals surface area contributed by atoms with Gasteiger partial charge in [0.2, 0.25) is 0 Å². The van der Waals surface area contributed by atoms with E-state index < -0.39 is 0 Å². The zero-order valence-electron chi connectivity index (χ0n) is 10.3. The van der Waals surface area contributed by atoms with Gasteiger partial charge in [-0.1, -0.05) is 0 Å². The molecule has 0 bridgehead atoms. The normalized spacial score (nSPS) is 34.1. The van der Waals surface area contributed by atoms with E-state index in [1.807, 2.05) is 0 Å². The van der Waals surface area contributed by atoms with Crippen molar-refractivity contribution < 1.29 is 9.47 Å². The molecule has 2 saturated heterocycles. The van der Waals surface area contributed by atoms with Gasteiger partial charge in [0.15, 0.2) is 0 Å². The first-order valence-electron chi connectivity index (χ1n) is 6.33. The molecule has 4 heteroatoms. The molecule has 2 rings (SSSR count). The lowest BCUT2D eigenvalue weighted by atomic mass is 9.91. The van der Waals surface area contributed by atoms with Gasteiger partial charge in [-0.05, 0) is 32.6 Å². The Labute approximate surface area is 97.9 Å². The smallest absolute Gasteiger partial charge is 0.0779 e. The van der Waals surface area contributed by atoms with Crippen LogP contribution in [0.3, 0.4) is 0 Å². The minimum atomic E-state index is -0.0762. The third-order valence-electron chi connectivity index (χ3n) is 3.77. The van der Waals surface area contributed by atoms with E-state index in [0.29, 0.717) is 0 Å². The maximum absolute atomic E-state index is 6.30. The molecule has 1 atom stereocenters. The molecule has 0 amide bonds. The van der Waals surface area contributed by atoms with E-state index in [0.717, 1.165) is 52.2 Å². The first-order valence-corrected chi connectivity index (χ1v) is 6.33. The van der Waals surface area contributed by atoms with Crippen molar-refractivity contribution in [2.75, 3.05) is 32.9 Å². The summed E-state index contributed by atoms with van der Waals surface area (Å²) in [5.41, 5.74) is 6.26. The van der Waals surface area contributed by atoms with E-state index in [-0.39, 0.29) is 11.1 Å². The fraction of sp³-hybridized carbons (Fsp3) is 1.00. The van der Waals surface area contributed by atoms with Crippen molar-refractivity contribution in [2.24, 2.45) is 5.73 Å². The Balaban J connectivity index is 1.70. The molecule has 0 saturated carbocycles. The van der Waals surface area contributed by atoms with Gasteiger partial charge in [-0.2, -0.15) is 0 Å². The SMILES string of the molecule is CC1(CNCC2(N)CCOCC2)CCCO1. The number of hydrogen-bond acceptors (Lipinski definition) is 4. The molecule has 4 nitrogen and oxygen atoms in total. The fourth-order valence-corrected chi connectivity index (χ4v) is 2.51. The molecule has 16 heavy (non-hydrogen) atoms. The Morgan fingerprint density at radius 1 is 1.12 bits per heavy atom. The molecular weight excluding hydrogens is 204 g/mol. The van der Waals surface area contributed by atoms with Gasteiger partial charge < -0.3 is 20.5 Å². The van der Waals surface area contributed by atoms with Crippen LogP contribution < -0.4 is 11.1 Å². The quantitative estimate of drug-likeness (QED) is 0.742. The van der Waals surface area contributed by atoms with E-state index >= 15 is 0 Å². The van der Waals surface area contributed by atoms with Gasteiger partial charge in [-0.3, -0.25) is 0 Å². The average molecular weight is 228 g/mol. The van der Waals surface area contributed by atoms with Crippen LogP contribution in [0.15, 0.2) is 0 Å². The van der Waals surface area contributed by atoms with Crippen LogP contribution >= 0.6 is 0 Å². The zero-order chi connectivity index (χ0) is 11.5. The van der Waals surface area contributed by atoms with E-state index in [1.54, 1.807) is 0 Å². The van der Waals surface area contributed by atoms with E-state index in [9.17, 15) is 0 Å². The largest absolute Gasteiger partial charge is 0.381 e. The Morgan fingerprint density at radius 2 is 1.88 bits per heavy atom. The Morgan fingerprint density at radius 3 is 2.50 bits per heavy atom. The molecule has 2 aliphatic rings. The van der Waals surface area contributed by atoms with E-state index in [1.165, 1.54) is 6.42 Å². The lowest BCUT2D eigenvalue weighted by Crippen LogP contribution is -2.54. The van der Waals surface area contributed by atoms with Crippen LogP contribution in [0.1, 0.15) is 32.6 Å². The molecule has 0 aromatic heterocycles. The van der Waals surface area contributed by atoms with Crippen molar-refractivity contribution in [3.05, 3.63) is 0 Å². The topological polar surface area (TPSA) is 56.5 Å². The zero-order valence-corrected chi connectivity index (χ0v) is 10.3. The summed E-state index contributed by atoms with van der Waals surface area (Å²) >= 11 is 0. The number of nitrogens with one attached hydrogen (secondary N) is 1. The second-order valence-electron chi connectivity index (χ2n) is 5.48. The maximum Gasteiger partial charge on any atom is 0.0779 e. The summed E-state index contributed by atoms with van der Waals surface area (Å²) in [5.74, 6) is 0. The average Bonchev–Trinajstić information content (AvgIpc) is 2.66. The van der Waals surface area contributed by atoms with Gasteiger partial charge in [0, 0.05) is 38.4 Å². The highest BCUT2D eigenvalue weighted by molar-refractivity contribution is 4.90. The molecule has 2 fully saturated rings. The van der Waals surface area contributed by atoms with Gasteiger partial charge in [0.25, 0.3) is 0 Å². The highest BCUT2D eigenvalue weighted by atomic mass is 16.5. The van der Waals surface area contributed by atoms with Crippen LogP contribution in [0.2, 0.25) is 0 Å². The fourth-order valence-electron chi connectivity index (χ4n) is 2.51. The van der Waals surface area contributed by atoms with Gasteiger partial charge in [0.1, 0.15) is 0 Å². The third-order valence-corrected chi connectivity index (χ3v) is 3.77. The summed E-state index contributed by atoms with van der Waals surface area (Å²) < 4.78 is 11.1. The summed E-state index contributed by atoms with van der Waals surface area (Å²) in [6, 6.07) is 0. The molecule has 1 unspecified atom stereocenters. The predicted molar refractivity (Wildman–Crippen MR) is 63.4 cm³/mol. The minimum Gasteiger partial charge on any atom is -0.381 e. The van der Waals surface area contributed by atoms with E-state index in [2.05, 4.69) is 12.2 Å². The van der Waals surface area contributed by atoms with Crippen molar-refractivity contribution >= 4 is 0 Å². The second kappa shape index (κ2) is 5.00. The molecule has 0 aromatic rings. The molecule has 2 heterocycles. The second-order valence-corrected chi connectivity index (χ2v) is 5.48. The summed E-state index contributed by atoms with van der Waals surface area (Å²) in [7, 11) is 0. The van der Waals surface area contributed by atoms with Crippen LogP contribution in [-0.4, -0.2) is 44.1 Å². The first kappa shape index (κ1) is 12.3. The van der Waals surface area contributed by atoms with Crippen LogP contribution in [0, 0.1) is 0 Å². The van der Waals surface area contributed by atoms with Crippen LogP contribution in [0.4, 0.5) is 0 Å². The monoisotopic (exact) mass is 228 g/mol. The van der Waals surface area contributed by atoms with Crippen molar-refractivity contribution in [3.8, 4) is 0 Å². The Hall–Kier alpha value is -0.160. The summed E-state index contributed by atoms with van der Waals surface area (Å²) in [6.07, 6.45) is 4.25. The molecule has 0 aliphatic carbocycles. The third kappa shape index (κ3) is 3.17.